The van der Waals surface area contributed by atoms with E-state index < -0.39 is 17.3 Å². The van der Waals surface area contributed by atoms with Gasteiger partial charge in [0.15, 0.2) is 0 Å². The van der Waals surface area contributed by atoms with Crippen molar-refractivity contribution in [3.63, 3.8) is 0 Å². The van der Waals surface area contributed by atoms with Crippen molar-refractivity contribution in [3.8, 4) is 6.07 Å². The first-order valence-electron chi connectivity index (χ1n) is 4.64. The van der Waals surface area contributed by atoms with Crippen molar-refractivity contribution in [1.82, 2.24) is 0 Å². The lowest BCUT2D eigenvalue weighted by molar-refractivity contribution is -0.137. The summed E-state index contributed by atoms with van der Waals surface area (Å²) in [5, 5.41) is 8.42. The van der Waals surface area contributed by atoms with E-state index in [1.54, 1.807) is 6.92 Å². The highest BCUT2D eigenvalue weighted by molar-refractivity contribution is 6.32. The zero-order valence-electron chi connectivity index (χ0n) is 9.11. The van der Waals surface area contributed by atoms with Crippen LogP contribution in [0.2, 0.25) is 5.02 Å². The predicted octanol–water partition coefficient (Wildman–Crippen LogP) is 4.57. The maximum Gasteiger partial charge on any atom is 0.417 e. The van der Waals surface area contributed by atoms with Crippen LogP contribution in [0.25, 0.3) is 0 Å². The first-order valence-corrected chi connectivity index (χ1v) is 5.02. The minimum Gasteiger partial charge on any atom is -0.192 e. The summed E-state index contributed by atoms with van der Waals surface area (Å²) in [5.41, 5.74) is -1.05. The van der Waals surface area contributed by atoms with Crippen molar-refractivity contribution < 1.29 is 13.2 Å². The van der Waals surface area contributed by atoms with Gasteiger partial charge in [-0.3, -0.25) is 0 Å². The van der Waals surface area contributed by atoms with Crippen LogP contribution in [-0.2, 0) is 6.18 Å². The second kappa shape index (κ2) is 5.76. The maximum absolute atomic E-state index is 12.3. The first kappa shape index (κ1) is 14.8. The summed E-state index contributed by atoms with van der Waals surface area (Å²) in [4.78, 5) is 0. The number of alkyl halides is 3. The first-order chi connectivity index (χ1) is 7.38. The molecule has 1 aromatic carbocycles. The average Bonchev–Trinajstić information content (AvgIpc) is 2.23. The number of benzene rings is 1. The molecule has 5 heteroatoms. The van der Waals surface area contributed by atoms with Crippen LogP contribution in [0.15, 0.2) is 12.1 Å². The lowest BCUT2D eigenvalue weighted by Gasteiger charge is -2.10. The predicted molar refractivity (Wildman–Crippen MR) is 57.3 cm³/mol. The zero-order valence-corrected chi connectivity index (χ0v) is 9.87. The highest BCUT2D eigenvalue weighted by Crippen LogP contribution is 2.35. The molecule has 0 radical (unpaired) electrons. The van der Waals surface area contributed by atoms with E-state index in [-0.39, 0.29) is 5.02 Å². The molecule has 16 heavy (non-hydrogen) atoms. The number of aryl methyl sites for hydroxylation is 1. The Kier molecular flexibility index (Phi) is 5.32. The van der Waals surface area contributed by atoms with Crippen molar-refractivity contribution in [2.45, 2.75) is 26.9 Å². The van der Waals surface area contributed by atoms with Crippen LogP contribution < -0.4 is 0 Å². The van der Waals surface area contributed by atoms with Crippen LogP contribution >= 0.6 is 11.6 Å². The van der Waals surface area contributed by atoms with Crippen LogP contribution in [0, 0.1) is 18.3 Å². The van der Waals surface area contributed by atoms with E-state index in [4.69, 9.17) is 16.9 Å². The fourth-order valence-electron chi connectivity index (χ4n) is 1.03. The number of nitriles is 1. The number of halogens is 4. The average molecular weight is 250 g/mol. The Labute approximate surface area is 97.5 Å². The minimum absolute atomic E-state index is 0.137. The van der Waals surface area contributed by atoms with Crippen LogP contribution in [0.3, 0.4) is 0 Å². The van der Waals surface area contributed by atoms with Gasteiger partial charge >= 0.3 is 6.18 Å². The molecule has 0 aliphatic heterocycles. The Morgan fingerprint density at radius 1 is 1.25 bits per heavy atom. The Balaban J connectivity index is 0.00000106. The Morgan fingerprint density at radius 2 is 1.75 bits per heavy atom. The molecule has 1 aromatic rings. The molecule has 0 spiro atoms. The van der Waals surface area contributed by atoms with Gasteiger partial charge in [-0.05, 0) is 18.6 Å². The van der Waals surface area contributed by atoms with Crippen LogP contribution in [0.4, 0.5) is 13.2 Å². The van der Waals surface area contributed by atoms with Gasteiger partial charge in [-0.1, -0.05) is 31.5 Å². The van der Waals surface area contributed by atoms with E-state index in [2.05, 4.69) is 0 Å². The van der Waals surface area contributed by atoms with E-state index in [9.17, 15) is 13.2 Å². The molecule has 0 saturated carbocycles. The molecule has 1 nitrogen and oxygen atoms in total. The zero-order chi connectivity index (χ0) is 12.9. The quantitative estimate of drug-likeness (QED) is 0.661. The minimum atomic E-state index is -4.54. The summed E-state index contributed by atoms with van der Waals surface area (Å²) in [6, 6.07) is 3.56. The van der Waals surface area contributed by atoms with E-state index in [0.717, 1.165) is 6.07 Å². The van der Waals surface area contributed by atoms with Crippen LogP contribution in [-0.4, -0.2) is 0 Å². The SMILES string of the molecule is CC.Cc1ccc(C(F)(F)F)c(C#N)c1Cl. The molecule has 0 aliphatic rings. The Hall–Kier alpha value is -1.21. The second-order valence-electron chi connectivity index (χ2n) is 2.73. The van der Waals surface area contributed by atoms with Gasteiger partial charge in [-0.15, -0.1) is 0 Å². The van der Waals surface area contributed by atoms with Gasteiger partial charge in [0.1, 0.15) is 6.07 Å². The second-order valence-corrected chi connectivity index (χ2v) is 3.11. The number of nitrogens with zero attached hydrogens (tertiary/aromatic N) is 1. The molecule has 0 atom stereocenters. The largest absolute Gasteiger partial charge is 0.417 e. The fraction of sp³-hybridized carbons (Fsp3) is 0.364. The number of hydrogen-bond acceptors (Lipinski definition) is 1. The molecule has 0 saturated heterocycles. The van der Waals surface area contributed by atoms with Gasteiger partial charge in [0, 0.05) is 0 Å². The number of hydrogen-bond donors (Lipinski definition) is 0. The summed E-state index contributed by atoms with van der Waals surface area (Å²) < 4.78 is 37.0. The third kappa shape index (κ3) is 3.14. The molecule has 0 unspecified atom stereocenters. The van der Waals surface area contributed by atoms with Crippen molar-refractivity contribution in [2.75, 3.05) is 0 Å². The summed E-state index contributed by atoms with van der Waals surface area (Å²) in [5.74, 6) is 0. The molecule has 0 N–H and O–H groups in total. The summed E-state index contributed by atoms with van der Waals surface area (Å²) >= 11 is 5.58. The third-order valence-electron chi connectivity index (χ3n) is 1.75. The van der Waals surface area contributed by atoms with Crippen LogP contribution in [0.5, 0.6) is 0 Å². The molecule has 0 bridgehead atoms. The molecule has 0 heterocycles. The number of rotatable bonds is 0. The van der Waals surface area contributed by atoms with Crippen molar-refractivity contribution in [3.05, 3.63) is 33.8 Å². The van der Waals surface area contributed by atoms with Crippen molar-refractivity contribution in [2.24, 2.45) is 0 Å². The van der Waals surface area contributed by atoms with Crippen molar-refractivity contribution in [1.29, 1.82) is 5.26 Å². The highest BCUT2D eigenvalue weighted by atomic mass is 35.5. The Bertz CT molecular complexity index is 405. The molecule has 0 amide bonds. The van der Waals surface area contributed by atoms with Gasteiger partial charge in [-0.25, -0.2) is 0 Å². The van der Waals surface area contributed by atoms with E-state index in [1.807, 2.05) is 13.8 Å². The Morgan fingerprint density at radius 3 is 2.12 bits per heavy atom. The van der Waals surface area contributed by atoms with Crippen molar-refractivity contribution >= 4 is 11.6 Å². The standard InChI is InChI=1S/C9H5ClF3N.C2H6/c1-5-2-3-7(9(11,12)13)6(4-14)8(5)10;1-2/h2-3H,1H3;1-2H3. The lowest BCUT2D eigenvalue weighted by atomic mass is 10.1. The molecular formula is C11H11ClF3N. The van der Waals surface area contributed by atoms with Gasteiger partial charge in [0.25, 0.3) is 0 Å². The monoisotopic (exact) mass is 249 g/mol. The van der Waals surface area contributed by atoms with Crippen LogP contribution in [0.1, 0.15) is 30.5 Å². The van der Waals surface area contributed by atoms with E-state index in [0.29, 0.717) is 5.56 Å². The summed E-state index contributed by atoms with van der Waals surface area (Å²) in [6.45, 7) is 5.54. The molecule has 0 aromatic heterocycles. The topological polar surface area (TPSA) is 23.8 Å². The van der Waals surface area contributed by atoms with Gasteiger partial charge < -0.3 is 0 Å². The van der Waals surface area contributed by atoms with Gasteiger partial charge in [0.05, 0.1) is 16.1 Å². The molecule has 0 fully saturated rings. The van der Waals surface area contributed by atoms with Gasteiger partial charge in [0.2, 0.25) is 0 Å². The van der Waals surface area contributed by atoms with E-state index >= 15 is 0 Å². The third-order valence-corrected chi connectivity index (χ3v) is 2.24. The molecular weight excluding hydrogens is 239 g/mol. The van der Waals surface area contributed by atoms with E-state index in [1.165, 1.54) is 12.1 Å². The lowest BCUT2D eigenvalue weighted by Crippen LogP contribution is -2.08. The fourth-order valence-corrected chi connectivity index (χ4v) is 1.23. The summed E-state index contributed by atoms with van der Waals surface area (Å²) in [7, 11) is 0. The summed E-state index contributed by atoms with van der Waals surface area (Å²) in [6.07, 6.45) is -4.54. The molecule has 0 aliphatic carbocycles. The molecule has 88 valence electrons. The smallest absolute Gasteiger partial charge is 0.192 e. The van der Waals surface area contributed by atoms with Gasteiger partial charge in [-0.2, -0.15) is 18.4 Å². The highest BCUT2D eigenvalue weighted by Gasteiger charge is 2.34. The normalized spacial score (nSPS) is 10.1. The maximum atomic E-state index is 12.3. The molecule has 1 rings (SSSR count).